The predicted molar refractivity (Wildman–Crippen MR) is 127 cm³/mol. The number of hydrogen-bond donors (Lipinski definition) is 1. The van der Waals surface area contributed by atoms with Gasteiger partial charge in [-0.2, -0.15) is 4.31 Å². The van der Waals surface area contributed by atoms with Crippen molar-refractivity contribution in [1.29, 1.82) is 0 Å². The third-order valence-corrected chi connectivity index (χ3v) is 8.01. The maximum Gasteiger partial charge on any atom is 0.252 e. The summed E-state index contributed by atoms with van der Waals surface area (Å²) in [6.45, 7) is 5.00. The standard InChI is InChI=1S/C25H29FN4O3S/c1-17-13-18(2)16-30(15-17)34(32,33)20-8-6-7-19(14-20)25(31)28-23(24-27-11-12-29(24)3)21-9-4-5-10-22(21)26/h4-12,14,17-18,23H,13,15-16H2,1-3H3,(H,28,31)/t17-,18+,23-/m0/s1. The molecule has 1 amide bonds. The summed E-state index contributed by atoms with van der Waals surface area (Å²) in [5, 5.41) is 2.84. The van der Waals surface area contributed by atoms with Gasteiger partial charge in [-0.1, -0.05) is 38.1 Å². The number of nitrogens with zero attached hydrogens (tertiary/aromatic N) is 3. The zero-order valence-corrected chi connectivity index (χ0v) is 20.3. The van der Waals surface area contributed by atoms with Gasteiger partial charge in [0.15, 0.2) is 0 Å². The lowest BCUT2D eigenvalue weighted by Crippen LogP contribution is -2.42. The summed E-state index contributed by atoms with van der Waals surface area (Å²) in [5.41, 5.74) is 0.444. The minimum absolute atomic E-state index is 0.0703. The van der Waals surface area contributed by atoms with E-state index in [0.717, 1.165) is 6.42 Å². The van der Waals surface area contributed by atoms with Crippen LogP contribution in [-0.2, 0) is 17.1 Å². The average molecular weight is 485 g/mol. The molecule has 9 heteroatoms. The molecule has 1 N–H and O–H groups in total. The van der Waals surface area contributed by atoms with E-state index in [1.165, 1.54) is 22.5 Å². The van der Waals surface area contributed by atoms with Gasteiger partial charge in [-0.05, 0) is 42.5 Å². The van der Waals surface area contributed by atoms with Crippen molar-refractivity contribution in [2.45, 2.75) is 31.2 Å². The number of aryl methyl sites for hydroxylation is 1. The van der Waals surface area contributed by atoms with Crippen molar-refractivity contribution in [3.8, 4) is 0 Å². The lowest BCUT2D eigenvalue weighted by Gasteiger charge is -2.34. The quantitative estimate of drug-likeness (QED) is 0.578. The molecule has 0 aliphatic carbocycles. The molecule has 2 heterocycles. The van der Waals surface area contributed by atoms with Crippen molar-refractivity contribution in [1.82, 2.24) is 19.2 Å². The number of rotatable bonds is 6. The lowest BCUT2D eigenvalue weighted by molar-refractivity contribution is 0.0940. The van der Waals surface area contributed by atoms with E-state index in [9.17, 15) is 17.6 Å². The van der Waals surface area contributed by atoms with E-state index < -0.39 is 27.8 Å². The zero-order chi connectivity index (χ0) is 24.5. The summed E-state index contributed by atoms with van der Waals surface area (Å²) >= 11 is 0. The Morgan fingerprint density at radius 1 is 1.12 bits per heavy atom. The van der Waals surface area contributed by atoms with Gasteiger partial charge in [0.25, 0.3) is 5.91 Å². The number of carbonyl (C=O) groups is 1. The number of carbonyl (C=O) groups excluding carboxylic acids is 1. The second-order valence-corrected chi connectivity index (χ2v) is 11.1. The van der Waals surface area contributed by atoms with E-state index in [2.05, 4.69) is 10.3 Å². The Kier molecular flexibility index (Phi) is 6.86. The first-order valence-corrected chi connectivity index (χ1v) is 12.7. The second-order valence-electron chi connectivity index (χ2n) is 9.12. The number of nitrogens with one attached hydrogen (secondary N) is 1. The molecule has 180 valence electrons. The molecule has 7 nitrogen and oxygen atoms in total. The van der Waals surface area contributed by atoms with E-state index in [1.807, 2.05) is 13.8 Å². The van der Waals surface area contributed by atoms with Crippen LogP contribution in [0.5, 0.6) is 0 Å². The molecule has 3 atom stereocenters. The molecule has 0 bridgehead atoms. The van der Waals surface area contributed by atoms with Gasteiger partial charge in [-0.25, -0.2) is 17.8 Å². The van der Waals surface area contributed by atoms with Crippen LogP contribution >= 0.6 is 0 Å². The number of aromatic nitrogens is 2. The van der Waals surface area contributed by atoms with E-state index in [4.69, 9.17) is 0 Å². The van der Waals surface area contributed by atoms with Crippen molar-refractivity contribution in [2.24, 2.45) is 18.9 Å². The Bertz CT molecular complexity index is 1280. The Balaban J connectivity index is 1.64. The van der Waals surface area contributed by atoms with Gasteiger partial charge in [0.2, 0.25) is 10.0 Å². The second kappa shape index (κ2) is 9.68. The Labute approximate surface area is 199 Å². The number of piperidine rings is 1. The molecule has 34 heavy (non-hydrogen) atoms. The molecule has 1 fully saturated rings. The fraction of sp³-hybridized carbons (Fsp3) is 0.360. The molecule has 0 spiro atoms. The van der Waals surface area contributed by atoms with Gasteiger partial charge in [0, 0.05) is 43.7 Å². The topological polar surface area (TPSA) is 84.3 Å². The number of imidazole rings is 1. The van der Waals surface area contributed by atoms with Crippen LogP contribution in [0.3, 0.4) is 0 Å². The van der Waals surface area contributed by atoms with E-state index in [-0.39, 0.29) is 27.9 Å². The number of hydrogen-bond acceptors (Lipinski definition) is 4. The highest BCUT2D eigenvalue weighted by Gasteiger charge is 2.32. The first-order chi connectivity index (χ1) is 16.2. The van der Waals surface area contributed by atoms with Crippen molar-refractivity contribution in [3.63, 3.8) is 0 Å². The number of benzene rings is 2. The van der Waals surface area contributed by atoms with Crippen molar-refractivity contribution in [2.75, 3.05) is 13.1 Å². The summed E-state index contributed by atoms with van der Waals surface area (Å²) in [5.74, 6) is 0.00121. The summed E-state index contributed by atoms with van der Waals surface area (Å²) in [6.07, 6.45) is 4.27. The largest absolute Gasteiger partial charge is 0.338 e. The van der Waals surface area contributed by atoms with Crippen LogP contribution in [0.15, 0.2) is 65.8 Å². The molecule has 4 rings (SSSR count). The Morgan fingerprint density at radius 3 is 2.47 bits per heavy atom. The van der Waals surface area contributed by atoms with Gasteiger partial charge in [-0.15, -0.1) is 0 Å². The van der Waals surface area contributed by atoms with Crippen molar-refractivity contribution >= 4 is 15.9 Å². The predicted octanol–water partition coefficient (Wildman–Crippen LogP) is 3.75. The highest BCUT2D eigenvalue weighted by molar-refractivity contribution is 7.89. The molecule has 1 aliphatic heterocycles. The number of halogens is 1. The number of amides is 1. The zero-order valence-electron chi connectivity index (χ0n) is 19.5. The highest BCUT2D eigenvalue weighted by Crippen LogP contribution is 2.28. The molecule has 2 aromatic carbocycles. The molecule has 1 saturated heterocycles. The van der Waals surface area contributed by atoms with Crippen LogP contribution in [0, 0.1) is 17.7 Å². The van der Waals surface area contributed by atoms with Crippen molar-refractivity contribution in [3.05, 3.63) is 83.7 Å². The van der Waals surface area contributed by atoms with Gasteiger partial charge in [0.1, 0.15) is 17.7 Å². The van der Waals surface area contributed by atoms with Crippen LogP contribution < -0.4 is 5.32 Å². The van der Waals surface area contributed by atoms with E-state index in [0.29, 0.717) is 18.9 Å². The molecule has 1 aromatic heterocycles. The third-order valence-electron chi connectivity index (χ3n) is 6.18. The molecular formula is C25H29FN4O3S. The van der Waals surface area contributed by atoms with Crippen LogP contribution in [0.2, 0.25) is 0 Å². The first-order valence-electron chi connectivity index (χ1n) is 11.3. The maximum atomic E-state index is 14.6. The molecule has 3 aromatic rings. The minimum atomic E-state index is -3.74. The highest BCUT2D eigenvalue weighted by atomic mass is 32.2. The monoisotopic (exact) mass is 484 g/mol. The minimum Gasteiger partial charge on any atom is -0.338 e. The fourth-order valence-electron chi connectivity index (χ4n) is 4.61. The fourth-order valence-corrected chi connectivity index (χ4v) is 6.34. The summed E-state index contributed by atoms with van der Waals surface area (Å²) < 4.78 is 44.4. The third kappa shape index (κ3) is 4.90. The van der Waals surface area contributed by atoms with Gasteiger partial charge in [-0.3, -0.25) is 4.79 Å². The van der Waals surface area contributed by atoms with Gasteiger partial charge in [0.05, 0.1) is 4.90 Å². The van der Waals surface area contributed by atoms with Crippen molar-refractivity contribution < 1.29 is 17.6 Å². The lowest BCUT2D eigenvalue weighted by atomic mass is 9.94. The van der Waals surface area contributed by atoms with E-state index in [1.54, 1.807) is 54.3 Å². The van der Waals surface area contributed by atoms with Crippen LogP contribution in [0.25, 0.3) is 0 Å². The summed E-state index contributed by atoms with van der Waals surface area (Å²) in [6, 6.07) is 11.3. The van der Waals surface area contributed by atoms with Crippen LogP contribution in [0.1, 0.15) is 48.1 Å². The summed E-state index contributed by atoms with van der Waals surface area (Å²) in [4.78, 5) is 17.6. The van der Waals surface area contributed by atoms with Gasteiger partial charge < -0.3 is 9.88 Å². The first kappa shape index (κ1) is 24.1. The van der Waals surface area contributed by atoms with E-state index >= 15 is 0 Å². The summed E-state index contributed by atoms with van der Waals surface area (Å²) in [7, 11) is -1.98. The molecule has 0 saturated carbocycles. The Morgan fingerprint density at radius 2 is 1.82 bits per heavy atom. The van der Waals surface area contributed by atoms with Crippen LogP contribution in [0.4, 0.5) is 4.39 Å². The maximum absolute atomic E-state index is 14.6. The SMILES string of the molecule is C[C@@H]1C[C@H](C)CN(S(=O)(=O)c2cccc(C(=O)N[C@@H](c3ccccc3F)c3nccn3C)c2)C1. The molecular weight excluding hydrogens is 455 g/mol. The van der Waals surface area contributed by atoms with Crippen LogP contribution in [-0.4, -0.2) is 41.3 Å². The molecule has 0 unspecified atom stereocenters. The molecule has 1 aliphatic rings. The Hall–Kier alpha value is -3.04. The average Bonchev–Trinajstić information content (AvgIpc) is 3.23. The smallest absolute Gasteiger partial charge is 0.252 e. The number of sulfonamides is 1. The molecule has 0 radical (unpaired) electrons. The normalized spacial score (nSPS) is 20.1. The van der Waals surface area contributed by atoms with Gasteiger partial charge >= 0.3 is 0 Å².